The minimum Gasteiger partial charge on any atom is -0.368 e. The normalized spacial score (nSPS) is 20.5. The molecule has 3 fully saturated rings. The topological polar surface area (TPSA) is 49.9 Å². The third-order valence-corrected chi connectivity index (χ3v) is 5.41. The largest absolute Gasteiger partial charge is 0.368 e. The first-order valence-electron chi connectivity index (χ1n) is 9.90. The van der Waals surface area contributed by atoms with E-state index in [2.05, 4.69) is 30.3 Å². The van der Waals surface area contributed by atoms with E-state index in [1.807, 2.05) is 0 Å². The summed E-state index contributed by atoms with van der Waals surface area (Å²) < 4.78 is 5.60. The molecule has 1 saturated heterocycles. The maximum atomic E-state index is 11.8. The van der Waals surface area contributed by atoms with Crippen LogP contribution in [0.5, 0.6) is 0 Å². The van der Waals surface area contributed by atoms with Gasteiger partial charge in [-0.05, 0) is 37.2 Å². The zero-order chi connectivity index (χ0) is 18.2. The van der Waals surface area contributed by atoms with Crippen molar-refractivity contribution in [3.8, 4) is 0 Å². The molecule has 0 N–H and O–H groups in total. The Labute approximate surface area is 156 Å². The van der Waals surface area contributed by atoms with E-state index < -0.39 is 0 Å². The van der Waals surface area contributed by atoms with Crippen LogP contribution < -0.4 is 0 Å². The molecule has 0 atom stereocenters. The molecule has 0 spiro atoms. The number of hydrogen-bond acceptors (Lipinski definition) is 3. The molecule has 2 saturated carbocycles. The Morgan fingerprint density at radius 2 is 1.65 bits per heavy atom. The molecule has 5 nitrogen and oxygen atoms in total. The SMILES string of the molecule is O=CN1CCN(C(=O)COC2CCCC2)CC1.c1ccc(C2CC2)cc1. The lowest BCUT2D eigenvalue weighted by Gasteiger charge is -2.32. The molecular weight excluding hydrogens is 328 g/mol. The van der Waals surface area contributed by atoms with Gasteiger partial charge in [0.1, 0.15) is 6.61 Å². The van der Waals surface area contributed by atoms with Crippen molar-refractivity contribution in [3.63, 3.8) is 0 Å². The second-order valence-corrected chi connectivity index (χ2v) is 7.42. The summed E-state index contributed by atoms with van der Waals surface area (Å²) in [4.78, 5) is 25.9. The first kappa shape index (κ1) is 18.9. The van der Waals surface area contributed by atoms with Crippen LogP contribution >= 0.6 is 0 Å². The van der Waals surface area contributed by atoms with Crippen molar-refractivity contribution in [2.75, 3.05) is 32.8 Å². The van der Waals surface area contributed by atoms with Crippen molar-refractivity contribution >= 4 is 12.3 Å². The highest BCUT2D eigenvalue weighted by Crippen LogP contribution is 2.39. The van der Waals surface area contributed by atoms with Crippen molar-refractivity contribution < 1.29 is 14.3 Å². The fourth-order valence-electron chi connectivity index (χ4n) is 3.55. The summed E-state index contributed by atoms with van der Waals surface area (Å²) in [5.74, 6) is 0.966. The van der Waals surface area contributed by atoms with Crippen molar-refractivity contribution in [2.45, 2.75) is 50.5 Å². The van der Waals surface area contributed by atoms with Gasteiger partial charge in [-0.3, -0.25) is 9.59 Å². The lowest BCUT2D eigenvalue weighted by molar-refractivity contribution is -0.141. The monoisotopic (exact) mass is 358 g/mol. The van der Waals surface area contributed by atoms with Crippen LogP contribution in [0.2, 0.25) is 0 Å². The molecule has 1 heterocycles. The second kappa shape index (κ2) is 9.72. The van der Waals surface area contributed by atoms with Crippen molar-refractivity contribution in [2.24, 2.45) is 0 Å². The van der Waals surface area contributed by atoms with E-state index in [1.165, 1.54) is 31.2 Å². The zero-order valence-corrected chi connectivity index (χ0v) is 15.5. The molecule has 2 amide bonds. The lowest BCUT2D eigenvalue weighted by Crippen LogP contribution is -2.49. The van der Waals surface area contributed by atoms with E-state index in [1.54, 1.807) is 9.80 Å². The number of ether oxygens (including phenoxy) is 1. The van der Waals surface area contributed by atoms with Crippen LogP contribution in [0.4, 0.5) is 0 Å². The number of carbonyl (C=O) groups is 2. The van der Waals surface area contributed by atoms with E-state index >= 15 is 0 Å². The van der Waals surface area contributed by atoms with E-state index in [-0.39, 0.29) is 18.6 Å². The molecule has 0 radical (unpaired) electrons. The highest BCUT2D eigenvalue weighted by Gasteiger charge is 2.23. The number of carbonyl (C=O) groups excluding carboxylic acids is 2. The standard InChI is InChI=1S/C12H20N2O3.C9H10/c15-10-13-5-7-14(8-6-13)12(16)9-17-11-3-1-2-4-11;1-2-4-8(5-3-1)9-6-7-9/h10-11H,1-9H2;1-5,9H,6-7H2. The molecule has 5 heteroatoms. The summed E-state index contributed by atoms with van der Waals surface area (Å²) >= 11 is 0. The lowest BCUT2D eigenvalue weighted by atomic mass is 10.1. The minimum absolute atomic E-state index is 0.0578. The Morgan fingerprint density at radius 3 is 2.23 bits per heavy atom. The van der Waals surface area contributed by atoms with Gasteiger partial charge in [-0.15, -0.1) is 0 Å². The first-order chi connectivity index (χ1) is 12.8. The summed E-state index contributed by atoms with van der Waals surface area (Å²) in [7, 11) is 0. The summed E-state index contributed by atoms with van der Waals surface area (Å²) in [6, 6.07) is 10.8. The highest BCUT2D eigenvalue weighted by atomic mass is 16.5. The number of amides is 2. The number of nitrogens with zero attached hydrogens (tertiary/aromatic N) is 2. The Balaban J connectivity index is 0.000000181. The maximum Gasteiger partial charge on any atom is 0.248 e. The molecule has 0 aromatic heterocycles. The van der Waals surface area contributed by atoms with Crippen LogP contribution in [-0.2, 0) is 14.3 Å². The van der Waals surface area contributed by atoms with Gasteiger partial charge in [0.25, 0.3) is 0 Å². The third kappa shape index (κ3) is 5.84. The Morgan fingerprint density at radius 1 is 1.00 bits per heavy atom. The van der Waals surface area contributed by atoms with Gasteiger partial charge in [-0.2, -0.15) is 0 Å². The Kier molecular flexibility index (Phi) is 7.06. The average Bonchev–Trinajstić information content (AvgIpc) is 3.43. The second-order valence-electron chi connectivity index (χ2n) is 7.42. The molecule has 26 heavy (non-hydrogen) atoms. The van der Waals surface area contributed by atoms with Gasteiger partial charge in [-0.25, -0.2) is 0 Å². The molecule has 0 unspecified atom stereocenters. The van der Waals surface area contributed by atoms with Crippen molar-refractivity contribution in [1.29, 1.82) is 0 Å². The molecular formula is C21H30N2O3. The molecule has 1 aliphatic heterocycles. The Bertz CT molecular complexity index is 560. The van der Waals surface area contributed by atoms with Crippen LogP contribution in [0.1, 0.15) is 50.0 Å². The molecule has 4 rings (SSSR count). The number of rotatable bonds is 5. The summed E-state index contributed by atoms with van der Waals surface area (Å²) in [5.41, 5.74) is 1.53. The first-order valence-corrected chi connectivity index (χ1v) is 9.90. The molecule has 0 bridgehead atoms. The predicted molar refractivity (Wildman–Crippen MR) is 101 cm³/mol. The predicted octanol–water partition coefficient (Wildman–Crippen LogP) is 2.81. The van der Waals surface area contributed by atoms with Gasteiger partial charge < -0.3 is 14.5 Å². The van der Waals surface area contributed by atoms with Crippen LogP contribution in [0.3, 0.4) is 0 Å². The molecule has 3 aliphatic rings. The van der Waals surface area contributed by atoms with Crippen LogP contribution in [0.15, 0.2) is 30.3 Å². The summed E-state index contributed by atoms with van der Waals surface area (Å²) in [5, 5.41) is 0. The molecule has 1 aromatic carbocycles. The van der Waals surface area contributed by atoms with Gasteiger partial charge >= 0.3 is 0 Å². The van der Waals surface area contributed by atoms with Crippen molar-refractivity contribution in [3.05, 3.63) is 35.9 Å². The smallest absolute Gasteiger partial charge is 0.248 e. The van der Waals surface area contributed by atoms with Gasteiger partial charge in [0.2, 0.25) is 12.3 Å². The van der Waals surface area contributed by atoms with Gasteiger partial charge in [0.05, 0.1) is 6.10 Å². The van der Waals surface area contributed by atoms with Crippen LogP contribution in [-0.4, -0.2) is 61.0 Å². The average molecular weight is 358 g/mol. The third-order valence-electron chi connectivity index (χ3n) is 5.41. The summed E-state index contributed by atoms with van der Waals surface area (Å²) in [6.07, 6.45) is 8.56. The number of hydrogen-bond donors (Lipinski definition) is 0. The number of piperazine rings is 1. The quantitative estimate of drug-likeness (QED) is 0.761. The highest BCUT2D eigenvalue weighted by molar-refractivity contribution is 5.77. The van der Waals surface area contributed by atoms with E-state index in [0.717, 1.165) is 25.2 Å². The maximum absolute atomic E-state index is 11.8. The van der Waals surface area contributed by atoms with E-state index in [0.29, 0.717) is 26.2 Å². The molecule has 2 aliphatic carbocycles. The fraction of sp³-hybridized carbons (Fsp3) is 0.619. The minimum atomic E-state index is 0.0578. The number of benzene rings is 1. The fourth-order valence-corrected chi connectivity index (χ4v) is 3.55. The van der Waals surface area contributed by atoms with E-state index in [9.17, 15) is 9.59 Å². The summed E-state index contributed by atoms with van der Waals surface area (Å²) in [6.45, 7) is 2.74. The molecule has 1 aromatic rings. The van der Waals surface area contributed by atoms with Crippen LogP contribution in [0, 0.1) is 0 Å². The molecule has 142 valence electrons. The zero-order valence-electron chi connectivity index (χ0n) is 15.5. The van der Waals surface area contributed by atoms with Gasteiger partial charge in [0.15, 0.2) is 0 Å². The van der Waals surface area contributed by atoms with Crippen LogP contribution in [0.25, 0.3) is 0 Å². The van der Waals surface area contributed by atoms with Gasteiger partial charge in [0, 0.05) is 26.2 Å². The Hall–Kier alpha value is -1.88. The van der Waals surface area contributed by atoms with E-state index in [4.69, 9.17) is 4.74 Å². The van der Waals surface area contributed by atoms with Crippen molar-refractivity contribution in [1.82, 2.24) is 9.80 Å². The van der Waals surface area contributed by atoms with Gasteiger partial charge in [-0.1, -0.05) is 43.2 Å².